The minimum absolute atomic E-state index is 0.104. The van der Waals surface area contributed by atoms with Gasteiger partial charge in [0.05, 0.1) is 5.56 Å². The molecule has 0 bridgehead atoms. The highest BCUT2D eigenvalue weighted by molar-refractivity contribution is 5.94. The second-order valence-corrected chi connectivity index (χ2v) is 5.21. The fourth-order valence-electron chi connectivity index (χ4n) is 2.11. The van der Waals surface area contributed by atoms with E-state index in [1.54, 1.807) is 6.07 Å². The van der Waals surface area contributed by atoms with E-state index in [1.807, 2.05) is 6.92 Å². The molecule has 4 heteroatoms. The van der Waals surface area contributed by atoms with Crippen LogP contribution in [0.25, 0.3) is 0 Å². The predicted octanol–water partition coefficient (Wildman–Crippen LogP) is 2.09. The maximum Gasteiger partial charge on any atom is 0.251 e. The smallest absolute Gasteiger partial charge is 0.251 e. The molecular weight excluding hydrogens is 257 g/mol. The number of rotatable bonds is 4. The minimum Gasteiger partial charge on any atom is -0.384 e. The molecule has 1 aliphatic rings. The Labute approximate surface area is 118 Å². The van der Waals surface area contributed by atoms with E-state index in [0.717, 1.165) is 12.3 Å². The Hall–Kier alpha value is -1.86. The van der Waals surface area contributed by atoms with Crippen molar-refractivity contribution in [2.24, 2.45) is 5.92 Å². The van der Waals surface area contributed by atoms with Crippen molar-refractivity contribution >= 4 is 5.91 Å². The van der Waals surface area contributed by atoms with E-state index in [4.69, 9.17) is 5.11 Å². The highest BCUT2D eigenvalue weighted by atomic mass is 19.1. The summed E-state index contributed by atoms with van der Waals surface area (Å²) in [6.07, 6.45) is 3.47. The maximum atomic E-state index is 13.7. The zero-order valence-corrected chi connectivity index (χ0v) is 11.4. The molecule has 0 spiro atoms. The molecule has 1 saturated carbocycles. The number of carbonyl (C=O) groups is 1. The molecule has 3 nitrogen and oxygen atoms in total. The molecule has 1 aromatic carbocycles. The van der Waals surface area contributed by atoms with Gasteiger partial charge in [-0.05, 0) is 37.5 Å². The zero-order valence-electron chi connectivity index (χ0n) is 11.4. The van der Waals surface area contributed by atoms with Gasteiger partial charge in [-0.1, -0.05) is 24.7 Å². The number of aliphatic hydroxyl groups is 1. The van der Waals surface area contributed by atoms with Crippen LogP contribution in [0, 0.1) is 23.6 Å². The zero-order chi connectivity index (χ0) is 14.5. The quantitative estimate of drug-likeness (QED) is 0.827. The van der Waals surface area contributed by atoms with Crippen molar-refractivity contribution < 1.29 is 14.3 Å². The number of amides is 1. The van der Waals surface area contributed by atoms with Crippen molar-refractivity contribution in [3.63, 3.8) is 0 Å². The topological polar surface area (TPSA) is 49.3 Å². The third-order valence-corrected chi connectivity index (χ3v) is 3.29. The average molecular weight is 275 g/mol. The van der Waals surface area contributed by atoms with Crippen molar-refractivity contribution in [1.82, 2.24) is 5.32 Å². The van der Waals surface area contributed by atoms with Crippen LogP contribution in [0.1, 0.15) is 42.1 Å². The highest BCUT2D eigenvalue weighted by Crippen LogP contribution is 2.33. The van der Waals surface area contributed by atoms with E-state index >= 15 is 0 Å². The molecule has 0 heterocycles. The number of hydrogen-bond donors (Lipinski definition) is 2. The second-order valence-electron chi connectivity index (χ2n) is 5.21. The van der Waals surface area contributed by atoms with E-state index in [2.05, 4.69) is 17.2 Å². The Kier molecular flexibility index (Phi) is 4.75. The number of carbonyl (C=O) groups excluding carboxylic acids is 1. The third-order valence-electron chi connectivity index (χ3n) is 3.29. The molecule has 1 aliphatic carbocycles. The van der Waals surface area contributed by atoms with Crippen LogP contribution in [-0.2, 0) is 0 Å². The molecule has 0 aromatic heterocycles. The van der Waals surface area contributed by atoms with E-state index in [-0.39, 0.29) is 24.1 Å². The molecule has 1 aromatic rings. The van der Waals surface area contributed by atoms with E-state index in [0.29, 0.717) is 5.56 Å². The molecular formula is C16H18FNO2. The maximum absolute atomic E-state index is 13.7. The van der Waals surface area contributed by atoms with Gasteiger partial charge >= 0.3 is 0 Å². The van der Waals surface area contributed by atoms with Crippen LogP contribution in [0.5, 0.6) is 0 Å². The number of hydrogen-bond acceptors (Lipinski definition) is 2. The predicted molar refractivity (Wildman–Crippen MR) is 74.6 cm³/mol. The van der Waals surface area contributed by atoms with Crippen molar-refractivity contribution in [3.05, 3.63) is 35.1 Å². The van der Waals surface area contributed by atoms with Gasteiger partial charge in [0.15, 0.2) is 0 Å². The fraction of sp³-hybridized carbons (Fsp3) is 0.438. The lowest BCUT2D eigenvalue weighted by Gasteiger charge is -2.13. The molecule has 1 unspecified atom stereocenters. The van der Waals surface area contributed by atoms with E-state index in [9.17, 15) is 9.18 Å². The van der Waals surface area contributed by atoms with Gasteiger partial charge in [-0.2, -0.15) is 0 Å². The monoisotopic (exact) mass is 275 g/mol. The number of halogens is 1. The largest absolute Gasteiger partial charge is 0.384 e. The first kappa shape index (κ1) is 14.5. The Balaban J connectivity index is 2.00. The van der Waals surface area contributed by atoms with Crippen LogP contribution in [-0.4, -0.2) is 23.7 Å². The lowest BCUT2D eigenvalue weighted by Crippen LogP contribution is -2.32. The van der Waals surface area contributed by atoms with E-state index < -0.39 is 5.82 Å². The van der Waals surface area contributed by atoms with Gasteiger partial charge in [0, 0.05) is 11.6 Å². The number of benzene rings is 1. The molecule has 1 atom stereocenters. The molecule has 1 amide bonds. The fourth-order valence-corrected chi connectivity index (χ4v) is 2.11. The Bertz CT molecular complexity index is 555. The Morgan fingerprint density at radius 1 is 1.55 bits per heavy atom. The summed E-state index contributed by atoms with van der Waals surface area (Å²) in [6, 6.07) is 4.29. The standard InChI is InChI=1S/C16H18FNO2/c1-11(9-12-4-5-12)18-16(20)14-7-6-13(3-2-8-19)15(17)10-14/h6-7,10-12,19H,4-5,8-9H2,1H3,(H,18,20). The lowest BCUT2D eigenvalue weighted by molar-refractivity contribution is 0.0937. The molecule has 2 N–H and O–H groups in total. The van der Waals surface area contributed by atoms with Gasteiger partial charge in [0.2, 0.25) is 0 Å². The first-order valence-corrected chi connectivity index (χ1v) is 6.80. The van der Waals surface area contributed by atoms with Crippen LogP contribution in [0.4, 0.5) is 4.39 Å². The summed E-state index contributed by atoms with van der Waals surface area (Å²) in [5.41, 5.74) is 0.473. The first-order chi connectivity index (χ1) is 9.60. The number of aliphatic hydroxyl groups excluding tert-OH is 1. The summed E-state index contributed by atoms with van der Waals surface area (Å²) in [5, 5.41) is 11.5. The van der Waals surface area contributed by atoms with E-state index in [1.165, 1.54) is 25.0 Å². The van der Waals surface area contributed by atoms with Crippen molar-refractivity contribution in [2.75, 3.05) is 6.61 Å². The molecule has 0 aliphatic heterocycles. The molecule has 20 heavy (non-hydrogen) atoms. The van der Waals surface area contributed by atoms with Crippen molar-refractivity contribution in [1.29, 1.82) is 0 Å². The molecule has 2 rings (SSSR count). The third kappa shape index (κ3) is 4.07. The van der Waals surface area contributed by atoms with Gasteiger partial charge in [0.1, 0.15) is 12.4 Å². The molecule has 1 fully saturated rings. The molecule has 106 valence electrons. The first-order valence-electron chi connectivity index (χ1n) is 6.80. The second kappa shape index (κ2) is 6.53. The lowest BCUT2D eigenvalue weighted by atomic mass is 10.1. The van der Waals surface area contributed by atoms with Crippen LogP contribution in [0.2, 0.25) is 0 Å². The average Bonchev–Trinajstić information content (AvgIpc) is 3.20. The van der Waals surface area contributed by atoms with Crippen LogP contribution in [0.15, 0.2) is 18.2 Å². The summed E-state index contributed by atoms with van der Waals surface area (Å²) < 4.78 is 13.7. The minimum atomic E-state index is -0.548. The van der Waals surface area contributed by atoms with Crippen LogP contribution >= 0.6 is 0 Å². The van der Waals surface area contributed by atoms with Crippen LogP contribution < -0.4 is 5.32 Å². The summed E-state index contributed by atoms with van der Waals surface area (Å²) >= 11 is 0. The van der Waals surface area contributed by atoms with Gasteiger partial charge in [-0.25, -0.2) is 4.39 Å². The SMILES string of the molecule is CC(CC1CC1)NC(=O)c1ccc(C#CCO)c(F)c1. The molecule has 0 radical (unpaired) electrons. The van der Waals surface area contributed by atoms with Gasteiger partial charge in [-0.15, -0.1) is 0 Å². The Morgan fingerprint density at radius 3 is 2.90 bits per heavy atom. The normalized spacial score (nSPS) is 15.2. The summed E-state index contributed by atoms with van der Waals surface area (Å²) in [5.74, 6) is 4.80. The van der Waals surface area contributed by atoms with Crippen molar-refractivity contribution in [2.45, 2.75) is 32.2 Å². The van der Waals surface area contributed by atoms with Crippen molar-refractivity contribution in [3.8, 4) is 11.8 Å². The van der Waals surface area contributed by atoms with Gasteiger partial charge in [0.25, 0.3) is 5.91 Å². The summed E-state index contributed by atoms with van der Waals surface area (Å²) in [7, 11) is 0. The summed E-state index contributed by atoms with van der Waals surface area (Å²) in [6.45, 7) is 1.65. The summed E-state index contributed by atoms with van der Waals surface area (Å²) in [4.78, 5) is 12.0. The number of nitrogens with one attached hydrogen (secondary N) is 1. The van der Waals surface area contributed by atoms with Gasteiger partial charge < -0.3 is 10.4 Å². The van der Waals surface area contributed by atoms with Gasteiger partial charge in [-0.3, -0.25) is 4.79 Å². The highest BCUT2D eigenvalue weighted by Gasteiger charge is 2.24. The van der Waals surface area contributed by atoms with Crippen LogP contribution in [0.3, 0.4) is 0 Å². The molecule has 0 saturated heterocycles. The Morgan fingerprint density at radius 2 is 2.30 bits per heavy atom.